The Hall–Kier alpha value is -1.75. The van der Waals surface area contributed by atoms with Crippen molar-refractivity contribution in [2.24, 2.45) is 7.05 Å². The number of aryl methyl sites for hydroxylation is 2. The standard InChI is InChI=1S/C15H19N3OS/c1-4-12-5-7-13(8-6-12)17-14(19)11(2)20-15-16-9-10-18(15)3/h5-11H,4H2,1-3H3,(H,17,19)/t11-/m0/s1. The molecule has 1 N–H and O–H groups in total. The van der Waals surface area contributed by atoms with E-state index < -0.39 is 0 Å². The first-order valence-corrected chi connectivity index (χ1v) is 7.52. The summed E-state index contributed by atoms with van der Waals surface area (Å²) >= 11 is 1.45. The van der Waals surface area contributed by atoms with Gasteiger partial charge >= 0.3 is 0 Å². The highest BCUT2D eigenvalue weighted by Gasteiger charge is 2.16. The summed E-state index contributed by atoms with van der Waals surface area (Å²) in [6.07, 6.45) is 4.60. The Balaban J connectivity index is 1.95. The Kier molecular flexibility index (Phi) is 4.84. The lowest BCUT2D eigenvalue weighted by Crippen LogP contribution is -2.22. The van der Waals surface area contributed by atoms with Gasteiger partial charge in [-0.05, 0) is 31.0 Å². The van der Waals surface area contributed by atoms with E-state index in [0.29, 0.717) is 0 Å². The summed E-state index contributed by atoms with van der Waals surface area (Å²) < 4.78 is 1.91. The molecule has 1 aromatic heterocycles. The molecule has 0 aliphatic carbocycles. The molecule has 2 rings (SSSR count). The number of imidazole rings is 1. The van der Waals surface area contributed by atoms with E-state index in [1.54, 1.807) is 6.20 Å². The van der Waals surface area contributed by atoms with E-state index in [0.717, 1.165) is 17.3 Å². The van der Waals surface area contributed by atoms with Crippen molar-refractivity contribution in [1.29, 1.82) is 0 Å². The molecule has 0 fully saturated rings. The third kappa shape index (κ3) is 3.63. The average Bonchev–Trinajstić information content (AvgIpc) is 2.85. The van der Waals surface area contributed by atoms with Crippen molar-refractivity contribution in [2.75, 3.05) is 5.32 Å². The van der Waals surface area contributed by atoms with Gasteiger partial charge in [-0.1, -0.05) is 30.8 Å². The van der Waals surface area contributed by atoms with Gasteiger partial charge in [0, 0.05) is 25.1 Å². The molecule has 4 nitrogen and oxygen atoms in total. The largest absolute Gasteiger partial charge is 0.329 e. The zero-order valence-electron chi connectivity index (χ0n) is 12.0. The van der Waals surface area contributed by atoms with Crippen LogP contribution in [-0.2, 0) is 18.3 Å². The third-order valence-electron chi connectivity index (χ3n) is 3.06. The highest BCUT2D eigenvalue weighted by Crippen LogP contribution is 2.22. The van der Waals surface area contributed by atoms with Gasteiger partial charge in [-0.2, -0.15) is 0 Å². The number of amides is 1. The summed E-state index contributed by atoms with van der Waals surface area (Å²) in [4.78, 5) is 16.3. The first-order valence-electron chi connectivity index (χ1n) is 6.64. The van der Waals surface area contributed by atoms with Crippen LogP contribution in [-0.4, -0.2) is 20.7 Å². The highest BCUT2D eigenvalue weighted by molar-refractivity contribution is 8.00. The quantitative estimate of drug-likeness (QED) is 0.860. The summed E-state index contributed by atoms with van der Waals surface area (Å²) in [5, 5.41) is 3.58. The molecule has 0 saturated heterocycles. The fraction of sp³-hybridized carbons (Fsp3) is 0.333. The van der Waals surface area contributed by atoms with Gasteiger partial charge in [0.2, 0.25) is 5.91 Å². The van der Waals surface area contributed by atoms with Crippen LogP contribution in [0.4, 0.5) is 5.69 Å². The zero-order valence-corrected chi connectivity index (χ0v) is 12.8. The Labute approximate surface area is 123 Å². The summed E-state index contributed by atoms with van der Waals surface area (Å²) in [6, 6.07) is 7.95. The molecule has 1 amide bonds. The minimum atomic E-state index is -0.193. The SMILES string of the molecule is CCc1ccc(NC(=O)[C@H](C)Sc2nccn2C)cc1. The first kappa shape index (κ1) is 14.7. The van der Waals surface area contributed by atoms with Crippen LogP contribution >= 0.6 is 11.8 Å². The van der Waals surface area contributed by atoms with E-state index in [1.807, 2.05) is 49.0 Å². The predicted molar refractivity (Wildman–Crippen MR) is 83.0 cm³/mol. The topological polar surface area (TPSA) is 46.9 Å². The van der Waals surface area contributed by atoms with Crippen LogP contribution in [0, 0.1) is 0 Å². The van der Waals surface area contributed by atoms with Crippen LogP contribution in [0.5, 0.6) is 0 Å². The summed E-state index contributed by atoms with van der Waals surface area (Å²) in [7, 11) is 1.92. The Morgan fingerprint density at radius 1 is 1.40 bits per heavy atom. The van der Waals surface area contributed by atoms with Crippen LogP contribution in [0.2, 0.25) is 0 Å². The smallest absolute Gasteiger partial charge is 0.237 e. The Morgan fingerprint density at radius 3 is 2.65 bits per heavy atom. The van der Waals surface area contributed by atoms with Crippen molar-refractivity contribution >= 4 is 23.4 Å². The van der Waals surface area contributed by atoms with Gasteiger partial charge in [-0.3, -0.25) is 4.79 Å². The molecule has 1 atom stereocenters. The van der Waals surface area contributed by atoms with Crippen molar-refractivity contribution in [3.8, 4) is 0 Å². The van der Waals surface area contributed by atoms with Crippen molar-refractivity contribution < 1.29 is 4.79 Å². The minimum absolute atomic E-state index is 0.0118. The van der Waals surface area contributed by atoms with E-state index in [4.69, 9.17) is 0 Å². The number of nitrogens with one attached hydrogen (secondary N) is 1. The van der Waals surface area contributed by atoms with Gasteiger partial charge in [0.1, 0.15) is 0 Å². The fourth-order valence-corrected chi connectivity index (χ4v) is 2.58. The highest BCUT2D eigenvalue weighted by atomic mass is 32.2. The van der Waals surface area contributed by atoms with Crippen LogP contribution in [0.25, 0.3) is 0 Å². The van der Waals surface area contributed by atoms with Crippen LogP contribution < -0.4 is 5.32 Å². The number of anilines is 1. The molecule has 0 bridgehead atoms. The van der Waals surface area contributed by atoms with E-state index in [-0.39, 0.29) is 11.2 Å². The summed E-state index contributed by atoms with van der Waals surface area (Å²) in [5.74, 6) is -0.0118. The predicted octanol–water partition coefficient (Wildman–Crippen LogP) is 3.10. The second-order valence-corrected chi connectivity index (χ2v) is 5.93. The molecule has 0 spiro atoms. The first-order chi connectivity index (χ1) is 9.60. The minimum Gasteiger partial charge on any atom is -0.329 e. The Bertz CT molecular complexity index is 577. The number of carbonyl (C=O) groups is 1. The van der Waals surface area contributed by atoms with Gasteiger partial charge < -0.3 is 9.88 Å². The molecular weight excluding hydrogens is 270 g/mol. The number of thioether (sulfide) groups is 1. The third-order valence-corrected chi connectivity index (χ3v) is 4.23. The fourth-order valence-electron chi connectivity index (χ4n) is 1.74. The number of hydrogen-bond donors (Lipinski definition) is 1. The van der Waals surface area contributed by atoms with Gasteiger partial charge in [0.25, 0.3) is 0 Å². The number of hydrogen-bond acceptors (Lipinski definition) is 3. The molecule has 5 heteroatoms. The second-order valence-electron chi connectivity index (χ2n) is 4.62. The number of aromatic nitrogens is 2. The maximum absolute atomic E-state index is 12.1. The number of benzene rings is 1. The van der Waals surface area contributed by atoms with Gasteiger partial charge in [0.15, 0.2) is 5.16 Å². The van der Waals surface area contributed by atoms with Gasteiger partial charge in [-0.25, -0.2) is 4.98 Å². The van der Waals surface area contributed by atoms with Crippen molar-refractivity contribution in [2.45, 2.75) is 30.7 Å². The lowest BCUT2D eigenvalue weighted by Gasteiger charge is -2.12. The Morgan fingerprint density at radius 2 is 2.10 bits per heavy atom. The van der Waals surface area contributed by atoms with E-state index in [2.05, 4.69) is 17.2 Å². The van der Waals surface area contributed by atoms with Crippen molar-refractivity contribution in [3.63, 3.8) is 0 Å². The number of nitrogens with zero attached hydrogens (tertiary/aromatic N) is 2. The maximum atomic E-state index is 12.1. The molecule has 0 saturated carbocycles. The van der Waals surface area contributed by atoms with E-state index >= 15 is 0 Å². The lowest BCUT2D eigenvalue weighted by atomic mass is 10.1. The molecular formula is C15H19N3OS. The molecule has 106 valence electrons. The van der Waals surface area contributed by atoms with Gasteiger partial charge in [0.05, 0.1) is 5.25 Å². The second kappa shape index (κ2) is 6.61. The molecule has 0 aliphatic heterocycles. The van der Waals surface area contributed by atoms with Gasteiger partial charge in [-0.15, -0.1) is 0 Å². The van der Waals surface area contributed by atoms with Crippen LogP contribution in [0.3, 0.4) is 0 Å². The average molecular weight is 289 g/mol. The van der Waals surface area contributed by atoms with E-state index in [9.17, 15) is 4.79 Å². The molecule has 2 aromatic rings. The lowest BCUT2D eigenvalue weighted by molar-refractivity contribution is -0.115. The normalized spacial score (nSPS) is 12.2. The summed E-state index contributed by atoms with van der Waals surface area (Å²) in [6.45, 7) is 3.99. The van der Waals surface area contributed by atoms with Crippen molar-refractivity contribution in [1.82, 2.24) is 9.55 Å². The monoisotopic (exact) mass is 289 g/mol. The number of carbonyl (C=O) groups excluding carboxylic acids is 1. The van der Waals surface area contributed by atoms with Crippen molar-refractivity contribution in [3.05, 3.63) is 42.2 Å². The summed E-state index contributed by atoms with van der Waals surface area (Å²) in [5.41, 5.74) is 2.10. The van der Waals surface area contributed by atoms with Crippen LogP contribution in [0.1, 0.15) is 19.4 Å². The van der Waals surface area contributed by atoms with E-state index in [1.165, 1.54) is 17.3 Å². The molecule has 0 unspecified atom stereocenters. The maximum Gasteiger partial charge on any atom is 0.237 e. The zero-order chi connectivity index (χ0) is 14.5. The molecule has 20 heavy (non-hydrogen) atoms. The molecule has 0 radical (unpaired) electrons. The number of rotatable bonds is 5. The molecule has 0 aliphatic rings. The van der Waals surface area contributed by atoms with Crippen LogP contribution in [0.15, 0.2) is 41.8 Å². The molecule has 1 aromatic carbocycles. The molecule has 1 heterocycles.